The van der Waals surface area contributed by atoms with E-state index in [1.54, 1.807) is 18.3 Å². The summed E-state index contributed by atoms with van der Waals surface area (Å²) in [5.41, 5.74) is 1.24. The van der Waals surface area contributed by atoms with Gasteiger partial charge < -0.3 is 0 Å². The Morgan fingerprint density at radius 2 is 2.08 bits per heavy atom. The van der Waals surface area contributed by atoms with Gasteiger partial charge in [-0.15, -0.1) is 11.3 Å². The van der Waals surface area contributed by atoms with Crippen LogP contribution < -0.4 is 0 Å². The summed E-state index contributed by atoms with van der Waals surface area (Å²) in [6.07, 6.45) is 0. The molecule has 66 valence electrons. The Hall–Kier alpha value is -1.15. The van der Waals surface area contributed by atoms with Gasteiger partial charge in [-0.05, 0) is 36.9 Å². The molecule has 0 amide bonds. The molecular weight excluding hydrogens is 180 g/mol. The zero-order valence-corrected chi connectivity index (χ0v) is 8.44. The molecule has 13 heavy (non-hydrogen) atoms. The van der Waals surface area contributed by atoms with E-state index in [4.69, 9.17) is 0 Å². The Bertz CT molecular complexity index is 468. The highest BCUT2D eigenvalue weighted by Gasteiger charge is 2.04. The van der Waals surface area contributed by atoms with E-state index < -0.39 is 0 Å². The molecular formula is C11H10OS. The summed E-state index contributed by atoms with van der Waals surface area (Å²) >= 11 is 1.57. The molecule has 2 aromatic rings. The number of aryl methyl sites for hydroxylation is 1. The maximum absolute atomic E-state index is 11.1. The molecule has 1 aromatic heterocycles. The van der Waals surface area contributed by atoms with Gasteiger partial charge in [0.2, 0.25) is 0 Å². The van der Waals surface area contributed by atoms with Gasteiger partial charge >= 0.3 is 0 Å². The smallest absolute Gasteiger partial charge is 0.169 e. The van der Waals surface area contributed by atoms with Crippen molar-refractivity contribution < 1.29 is 4.79 Å². The summed E-state index contributed by atoms with van der Waals surface area (Å²) in [6.45, 7) is 3.67. The van der Waals surface area contributed by atoms with Gasteiger partial charge in [0.25, 0.3) is 0 Å². The Morgan fingerprint density at radius 1 is 1.31 bits per heavy atom. The predicted molar refractivity (Wildman–Crippen MR) is 56.6 cm³/mol. The summed E-state index contributed by atoms with van der Waals surface area (Å²) < 4.78 is 1.20. The molecule has 0 radical (unpaired) electrons. The highest BCUT2D eigenvalue weighted by Crippen LogP contribution is 2.26. The average Bonchev–Trinajstić information content (AvgIpc) is 2.46. The standard InChI is InChI=1S/C11H10OS/c1-7-3-4-9-6-10(8(2)12)13-11(9)5-7/h3-6H,1-2H3. The van der Waals surface area contributed by atoms with E-state index in [0.29, 0.717) is 0 Å². The van der Waals surface area contributed by atoms with Crippen molar-refractivity contribution in [1.82, 2.24) is 0 Å². The van der Waals surface area contributed by atoms with E-state index in [2.05, 4.69) is 25.1 Å². The Kier molecular flexibility index (Phi) is 1.93. The summed E-state index contributed by atoms with van der Waals surface area (Å²) in [4.78, 5) is 12.0. The first kappa shape index (κ1) is 8.45. The van der Waals surface area contributed by atoms with Crippen molar-refractivity contribution in [1.29, 1.82) is 0 Å². The Balaban J connectivity index is 2.68. The third-order valence-electron chi connectivity index (χ3n) is 2.02. The first-order valence-corrected chi connectivity index (χ1v) is 4.99. The fraction of sp³-hybridized carbons (Fsp3) is 0.182. The summed E-state index contributed by atoms with van der Waals surface area (Å²) in [5.74, 6) is 0.152. The number of ketones is 1. The van der Waals surface area contributed by atoms with Crippen molar-refractivity contribution in [3.8, 4) is 0 Å². The van der Waals surface area contributed by atoms with Crippen molar-refractivity contribution in [2.24, 2.45) is 0 Å². The number of carbonyl (C=O) groups excluding carboxylic acids is 1. The molecule has 2 rings (SSSR count). The second-order valence-electron chi connectivity index (χ2n) is 3.21. The number of rotatable bonds is 1. The molecule has 0 fully saturated rings. The lowest BCUT2D eigenvalue weighted by Crippen LogP contribution is -1.83. The molecule has 0 aliphatic rings. The quantitative estimate of drug-likeness (QED) is 0.630. The second-order valence-corrected chi connectivity index (χ2v) is 4.29. The monoisotopic (exact) mass is 190 g/mol. The van der Waals surface area contributed by atoms with Crippen LogP contribution in [0.1, 0.15) is 22.2 Å². The van der Waals surface area contributed by atoms with Crippen molar-refractivity contribution in [3.63, 3.8) is 0 Å². The lowest BCUT2D eigenvalue weighted by molar-refractivity contribution is 0.102. The first-order chi connectivity index (χ1) is 6.16. The molecule has 1 nitrogen and oxygen atoms in total. The SMILES string of the molecule is CC(=O)c1cc2ccc(C)cc2s1. The normalized spacial score (nSPS) is 10.6. The zero-order chi connectivity index (χ0) is 9.42. The van der Waals surface area contributed by atoms with Gasteiger partial charge in [0.05, 0.1) is 4.88 Å². The fourth-order valence-electron chi connectivity index (χ4n) is 1.31. The minimum absolute atomic E-state index is 0.152. The molecule has 0 spiro atoms. The Morgan fingerprint density at radius 3 is 2.77 bits per heavy atom. The Labute approximate surface area is 81.0 Å². The summed E-state index contributed by atoms with van der Waals surface area (Å²) in [5, 5.41) is 1.17. The summed E-state index contributed by atoms with van der Waals surface area (Å²) in [6, 6.07) is 8.21. The van der Waals surface area contributed by atoms with Gasteiger partial charge in [0, 0.05) is 4.70 Å². The number of Topliss-reactive ketones (excluding diaryl/α,β-unsaturated/α-hetero) is 1. The van der Waals surface area contributed by atoms with Crippen molar-refractivity contribution in [2.45, 2.75) is 13.8 Å². The minimum Gasteiger partial charge on any atom is -0.294 e. The van der Waals surface area contributed by atoms with Crippen LogP contribution in [0.2, 0.25) is 0 Å². The fourth-order valence-corrected chi connectivity index (χ4v) is 2.37. The maximum atomic E-state index is 11.1. The molecule has 0 unspecified atom stereocenters. The number of hydrogen-bond acceptors (Lipinski definition) is 2. The average molecular weight is 190 g/mol. The lowest BCUT2D eigenvalue weighted by Gasteiger charge is -1.89. The van der Waals surface area contributed by atoms with E-state index in [0.717, 1.165) is 4.88 Å². The van der Waals surface area contributed by atoms with E-state index in [9.17, 15) is 4.79 Å². The van der Waals surface area contributed by atoms with E-state index in [-0.39, 0.29) is 5.78 Å². The molecule has 0 atom stereocenters. The highest BCUT2D eigenvalue weighted by molar-refractivity contribution is 7.20. The van der Waals surface area contributed by atoms with Gasteiger partial charge in [-0.1, -0.05) is 12.1 Å². The minimum atomic E-state index is 0.152. The van der Waals surface area contributed by atoms with Crippen molar-refractivity contribution in [3.05, 3.63) is 34.7 Å². The predicted octanol–water partition coefficient (Wildman–Crippen LogP) is 3.41. The van der Waals surface area contributed by atoms with Crippen LogP contribution in [0.5, 0.6) is 0 Å². The van der Waals surface area contributed by atoms with E-state index in [1.807, 2.05) is 6.07 Å². The first-order valence-electron chi connectivity index (χ1n) is 4.18. The largest absolute Gasteiger partial charge is 0.294 e. The van der Waals surface area contributed by atoms with Crippen LogP contribution in [-0.4, -0.2) is 5.78 Å². The van der Waals surface area contributed by atoms with E-state index >= 15 is 0 Å². The van der Waals surface area contributed by atoms with Crippen LogP contribution >= 0.6 is 11.3 Å². The molecule has 0 aliphatic heterocycles. The van der Waals surface area contributed by atoms with Gasteiger partial charge in [-0.3, -0.25) is 4.79 Å². The topological polar surface area (TPSA) is 17.1 Å². The zero-order valence-electron chi connectivity index (χ0n) is 7.63. The van der Waals surface area contributed by atoms with Gasteiger partial charge in [0.15, 0.2) is 5.78 Å². The van der Waals surface area contributed by atoms with E-state index in [1.165, 1.54) is 15.6 Å². The molecule has 0 N–H and O–H groups in total. The van der Waals surface area contributed by atoms with Gasteiger partial charge in [0.1, 0.15) is 0 Å². The van der Waals surface area contributed by atoms with Crippen LogP contribution in [0.15, 0.2) is 24.3 Å². The third kappa shape index (κ3) is 1.49. The molecule has 2 heteroatoms. The maximum Gasteiger partial charge on any atom is 0.169 e. The molecule has 0 saturated carbocycles. The van der Waals surface area contributed by atoms with Crippen LogP contribution in [0.4, 0.5) is 0 Å². The van der Waals surface area contributed by atoms with Crippen LogP contribution in [0, 0.1) is 6.92 Å². The summed E-state index contributed by atoms with van der Waals surface area (Å²) in [7, 11) is 0. The van der Waals surface area contributed by atoms with Gasteiger partial charge in [-0.2, -0.15) is 0 Å². The molecule has 1 aromatic carbocycles. The number of fused-ring (bicyclic) bond motifs is 1. The number of hydrogen-bond donors (Lipinski definition) is 0. The van der Waals surface area contributed by atoms with Crippen LogP contribution in [0.3, 0.4) is 0 Å². The van der Waals surface area contributed by atoms with Crippen LogP contribution in [-0.2, 0) is 0 Å². The van der Waals surface area contributed by atoms with Gasteiger partial charge in [-0.25, -0.2) is 0 Å². The third-order valence-corrected chi connectivity index (χ3v) is 3.22. The number of carbonyl (C=O) groups is 1. The molecule has 0 saturated heterocycles. The number of thiophene rings is 1. The van der Waals surface area contributed by atoms with Crippen molar-refractivity contribution >= 4 is 27.2 Å². The second kappa shape index (κ2) is 2.96. The highest BCUT2D eigenvalue weighted by atomic mass is 32.1. The molecule has 0 bridgehead atoms. The lowest BCUT2D eigenvalue weighted by atomic mass is 10.2. The molecule has 1 heterocycles. The molecule has 0 aliphatic carbocycles. The van der Waals surface area contributed by atoms with Crippen LogP contribution in [0.25, 0.3) is 10.1 Å². The number of benzene rings is 1. The van der Waals surface area contributed by atoms with Crippen molar-refractivity contribution in [2.75, 3.05) is 0 Å².